The van der Waals surface area contributed by atoms with Crippen molar-refractivity contribution in [2.75, 3.05) is 0 Å². The first-order valence-corrected chi connectivity index (χ1v) is 6.22. The molecular weight excluding hydrogens is 128 g/mol. The second kappa shape index (κ2) is 3.18. The van der Waals surface area contributed by atoms with Crippen LogP contribution in [-0.4, -0.2) is 19.1 Å². The number of hydrogen-bond acceptors (Lipinski definition) is 1. The van der Waals surface area contributed by atoms with Gasteiger partial charge in [0.25, 0.3) is 0 Å². The maximum Gasteiger partial charge on any atom is 0.0692 e. The first-order valence-electron chi connectivity index (χ1n) is 3.34. The summed E-state index contributed by atoms with van der Waals surface area (Å²) in [5.41, 5.74) is 0. The van der Waals surface area contributed by atoms with Crippen LogP contribution >= 0.6 is 0 Å². The molecule has 0 bridgehead atoms. The van der Waals surface area contributed by atoms with Crippen molar-refractivity contribution in [3.05, 3.63) is 12.7 Å². The van der Waals surface area contributed by atoms with Crippen molar-refractivity contribution >= 4 is 8.80 Å². The largest absolute Gasteiger partial charge is 0.394 e. The second-order valence-corrected chi connectivity index (χ2v) is 6.56. The summed E-state index contributed by atoms with van der Waals surface area (Å²) in [5.74, 6) is 0. The highest BCUT2D eigenvalue weighted by Gasteiger charge is 2.23. The van der Waals surface area contributed by atoms with Gasteiger partial charge in [0, 0.05) is 0 Å². The molecule has 0 saturated heterocycles. The first-order chi connectivity index (χ1) is 4.00. The zero-order valence-electron chi connectivity index (χ0n) is 6.52. The molecule has 0 fully saturated rings. The summed E-state index contributed by atoms with van der Waals surface area (Å²) < 4.78 is 0. The normalized spacial score (nSPS) is 17.4. The molecule has 0 spiro atoms. The predicted molar refractivity (Wildman–Crippen MR) is 44.3 cm³/mol. The van der Waals surface area contributed by atoms with E-state index in [1.165, 1.54) is 0 Å². The molecule has 1 unspecified atom stereocenters. The lowest BCUT2D eigenvalue weighted by molar-refractivity contribution is 0.144. The lowest BCUT2D eigenvalue weighted by Crippen LogP contribution is -2.38. The Bertz CT molecular complexity index is 97.1. The van der Waals surface area contributed by atoms with Crippen LogP contribution in [0.4, 0.5) is 0 Å². The molecule has 0 aromatic rings. The fraction of sp³-hybridized carbons (Fsp3) is 0.714. The maximum absolute atomic E-state index is 9.58. The zero-order chi connectivity index (χ0) is 7.49. The van der Waals surface area contributed by atoms with Crippen molar-refractivity contribution in [1.82, 2.24) is 0 Å². The fourth-order valence-electron chi connectivity index (χ4n) is 0.528. The Balaban J connectivity index is 3.84. The minimum Gasteiger partial charge on any atom is -0.394 e. The Kier molecular flexibility index (Phi) is 3.15. The van der Waals surface area contributed by atoms with Crippen molar-refractivity contribution < 1.29 is 5.11 Å². The third kappa shape index (κ3) is 2.82. The summed E-state index contributed by atoms with van der Waals surface area (Å²) in [7, 11) is -0.913. The molecule has 1 N–H and O–H groups in total. The molecule has 0 aliphatic carbocycles. The topological polar surface area (TPSA) is 20.2 Å². The van der Waals surface area contributed by atoms with Gasteiger partial charge in [-0.25, -0.2) is 0 Å². The van der Waals surface area contributed by atoms with Crippen molar-refractivity contribution in [3.63, 3.8) is 0 Å². The first kappa shape index (κ1) is 8.92. The molecule has 1 nitrogen and oxygen atoms in total. The van der Waals surface area contributed by atoms with E-state index in [4.69, 9.17) is 0 Å². The summed E-state index contributed by atoms with van der Waals surface area (Å²) in [6.45, 7) is 9.77. The minimum atomic E-state index is -0.913. The van der Waals surface area contributed by atoms with Crippen molar-refractivity contribution in [1.29, 1.82) is 0 Å². The molecule has 54 valence electrons. The lowest BCUT2D eigenvalue weighted by atomic mass is 10.3. The molecule has 0 radical (unpaired) electrons. The van der Waals surface area contributed by atoms with Crippen LogP contribution in [0.2, 0.25) is 13.1 Å². The Morgan fingerprint density at radius 3 is 2.22 bits per heavy atom. The molecule has 0 heterocycles. The third-order valence-electron chi connectivity index (χ3n) is 1.80. The minimum absolute atomic E-state index is 0.429. The summed E-state index contributed by atoms with van der Waals surface area (Å²) in [6.07, 6.45) is 2.52. The van der Waals surface area contributed by atoms with Crippen molar-refractivity contribution in [2.24, 2.45) is 0 Å². The highest BCUT2D eigenvalue weighted by molar-refractivity contribution is 6.58. The quantitative estimate of drug-likeness (QED) is 0.468. The molecule has 0 aromatic heterocycles. The van der Waals surface area contributed by atoms with Gasteiger partial charge in [-0.15, -0.1) is 6.58 Å². The van der Waals surface area contributed by atoms with Crippen molar-refractivity contribution in [3.8, 4) is 0 Å². The van der Waals surface area contributed by atoms with Gasteiger partial charge in [-0.2, -0.15) is 0 Å². The van der Waals surface area contributed by atoms with Crippen LogP contribution < -0.4 is 0 Å². The Hall–Kier alpha value is -0.0831. The number of aliphatic hydroxyl groups is 1. The van der Waals surface area contributed by atoms with Crippen LogP contribution in [0.3, 0.4) is 0 Å². The molecule has 0 rings (SSSR count). The van der Waals surface area contributed by atoms with Crippen LogP contribution in [0, 0.1) is 0 Å². The summed E-state index contributed by atoms with van der Waals surface area (Å²) >= 11 is 0. The van der Waals surface area contributed by atoms with E-state index in [-0.39, 0.29) is 0 Å². The van der Waals surface area contributed by atoms with E-state index < -0.39 is 14.0 Å². The Morgan fingerprint density at radius 2 is 2.11 bits per heavy atom. The van der Waals surface area contributed by atoms with E-state index in [0.29, 0.717) is 0 Å². The van der Waals surface area contributed by atoms with Crippen LogP contribution in [0.25, 0.3) is 0 Å². The van der Waals surface area contributed by atoms with E-state index in [1.54, 1.807) is 6.08 Å². The van der Waals surface area contributed by atoms with E-state index in [1.807, 2.05) is 6.92 Å². The summed E-state index contributed by atoms with van der Waals surface area (Å²) in [5, 5.41) is 9.15. The molecule has 0 amide bonds. The van der Waals surface area contributed by atoms with Gasteiger partial charge in [0.1, 0.15) is 0 Å². The van der Waals surface area contributed by atoms with Gasteiger partial charge in [-0.05, 0) is 13.3 Å². The van der Waals surface area contributed by atoms with Gasteiger partial charge in [0.2, 0.25) is 0 Å². The van der Waals surface area contributed by atoms with E-state index in [2.05, 4.69) is 19.7 Å². The molecule has 2 heteroatoms. The highest BCUT2D eigenvalue weighted by Crippen LogP contribution is 2.13. The summed E-state index contributed by atoms with van der Waals surface area (Å²) in [4.78, 5) is 0. The average molecular weight is 144 g/mol. The monoisotopic (exact) mass is 144 g/mol. The van der Waals surface area contributed by atoms with Crippen LogP contribution in [0.1, 0.15) is 13.3 Å². The standard InChI is InChI=1S/C7H16OSi/c1-5-6-7(2,8)9(3)4/h5,8-9H,1,6H2,2-4H3. The number of hydrogen-bond donors (Lipinski definition) is 1. The molecule has 0 aliphatic heterocycles. The van der Waals surface area contributed by atoms with Crippen LogP contribution in [-0.2, 0) is 0 Å². The zero-order valence-corrected chi connectivity index (χ0v) is 7.67. The molecule has 1 atom stereocenters. The van der Waals surface area contributed by atoms with Gasteiger partial charge < -0.3 is 5.11 Å². The van der Waals surface area contributed by atoms with Gasteiger partial charge in [0.05, 0.1) is 14.0 Å². The molecular formula is C7H16OSi. The fourth-order valence-corrected chi connectivity index (χ4v) is 1.17. The SMILES string of the molecule is C=CCC(C)(O)[SiH](C)C. The smallest absolute Gasteiger partial charge is 0.0692 e. The second-order valence-electron chi connectivity index (χ2n) is 3.00. The molecule has 0 aliphatic rings. The van der Waals surface area contributed by atoms with Gasteiger partial charge in [-0.1, -0.05) is 19.2 Å². The maximum atomic E-state index is 9.58. The Labute approximate surface area is 59.0 Å². The molecule has 0 saturated carbocycles. The van der Waals surface area contributed by atoms with E-state index in [0.717, 1.165) is 6.42 Å². The third-order valence-corrected chi connectivity index (χ3v) is 4.52. The van der Waals surface area contributed by atoms with Crippen LogP contribution in [0.15, 0.2) is 12.7 Å². The van der Waals surface area contributed by atoms with Crippen molar-refractivity contribution in [2.45, 2.75) is 31.7 Å². The highest BCUT2D eigenvalue weighted by atomic mass is 28.3. The van der Waals surface area contributed by atoms with Gasteiger partial charge >= 0.3 is 0 Å². The number of rotatable bonds is 3. The summed E-state index contributed by atoms with van der Waals surface area (Å²) in [6, 6.07) is 0. The van der Waals surface area contributed by atoms with Gasteiger partial charge in [-0.3, -0.25) is 0 Å². The molecule has 9 heavy (non-hydrogen) atoms. The Morgan fingerprint density at radius 1 is 1.67 bits per heavy atom. The van der Waals surface area contributed by atoms with Gasteiger partial charge in [0.15, 0.2) is 0 Å². The van der Waals surface area contributed by atoms with E-state index in [9.17, 15) is 5.11 Å². The van der Waals surface area contributed by atoms with Crippen LogP contribution in [0.5, 0.6) is 0 Å². The predicted octanol–water partition coefficient (Wildman–Crippen LogP) is 1.34. The average Bonchev–Trinajstić information content (AvgIpc) is 1.65. The molecule has 0 aromatic carbocycles. The van der Waals surface area contributed by atoms with E-state index >= 15 is 0 Å². The lowest BCUT2D eigenvalue weighted by Gasteiger charge is -2.24.